The summed E-state index contributed by atoms with van der Waals surface area (Å²) in [6.45, 7) is 6.62. The first-order valence-electron chi connectivity index (χ1n) is 32.4. The molecule has 75 heavy (non-hydrogen) atoms. The summed E-state index contributed by atoms with van der Waals surface area (Å²) in [7, 11) is 0. The summed E-state index contributed by atoms with van der Waals surface area (Å²) in [5.74, 6) is -0.887. The van der Waals surface area contributed by atoms with Gasteiger partial charge in [-0.15, -0.1) is 0 Å². The normalized spacial score (nSPS) is 12.5. The van der Waals surface area contributed by atoms with E-state index in [-0.39, 0.29) is 31.1 Å². The van der Waals surface area contributed by atoms with Crippen LogP contribution in [0.15, 0.2) is 72.9 Å². The first-order valence-corrected chi connectivity index (χ1v) is 32.4. The minimum Gasteiger partial charge on any atom is -0.462 e. The second-order valence-electron chi connectivity index (χ2n) is 21.7. The van der Waals surface area contributed by atoms with Crippen molar-refractivity contribution < 1.29 is 28.6 Å². The minimum absolute atomic E-state index is 0.0824. The van der Waals surface area contributed by atoms with Gasteiger partial charge in [-0.25, -0.2) is 0 Å². The third-order valence-electron chi connectivity index (χ3n) is 14.2. The fraction of sp³-hybridized carbons (Fsp3) is 0.783. The highest BCUT2D eigenvalue weighted by atomic mass is 16.6. The molecule has 0 heterocycles. The van der Waals surface area contributed by atoms with Crippen molar-refractivity contribution in [1.82, 2.24) is 0 Å². The summed E-state index contributed by atoms with van der Waals surface area (Å²) in [5, 5.41) is 0. The van der Waals surface area contributed by atoms with Crippen LogP contribution in [0.25, 0.3) is 0 Å². The van der Waals surface area contributed by atoms with Crippen LogP contribution in [-0.2, 0) is 28.6 Å². The van der Waals surface area contributed by atoms with Crippen LogP contribution in [-0.4, -0.2) is 37.2 Å². The SMILES string of the molecule is CCCCC/C=C\C/C=C\CCCCCCCCCCCC(=O)OC(COC(=O)CCCCCCC/C=C\CCCCCCCC)COC(=O)CCCCCCCCCC/C=C\C/C=C\C/C=C\CCCCCCC. The second-order valence-corrected chi connectivity index (χ2v) is 21.7. The zero-order valence-electron chi connectivity index (χ0n) is 49.8. The smallest absolute Gasteiger partial charge is 0.306 e. The minimum atomic E-state index is -0.786. The lowest BCUT2D eigenvalue weighted by atomic mass is 10.1. The topological polar surface area (TPSA) is 78.9 Å². The van der Waals surface area contributed by atoms with E-state index in [1.165, 1.54) is 199 Å². The first kappa shape index (κ1) is 71.8. The third kappa shape index (κ3) is 61.6. The van der Waals surface area contributed by atoms with Crippen molar-refractivity contribution in [3.63, 3.8) is 0 Å². The summed E-state index contributed by atoms with van der Waals surface area (Å²) in [5.41, 5.74) is 0. The van der Waals surface area contributed by atoms with E-state index in [4.69, 9.17) is 14.2 Å². The van der Waals surface area contributed by atoms with Gasteiger partial charge in [-0.3, -0.25) is 14.4 Å². The second kappa shape index (κ2) is 63.4. The Morgan fingerprint density at radius 1 is 0.267 bits per heavy atom. The van der Waals surface area contributed by atoms with Gasteiger partial charge in [0.05, 0.1) is 0 Å². The molecule has 6 heteroatoms. The van der Waals surface area contributed by atoms with Crippen LogP contribution in [0, 0.1) is 0 Å². The number of carbonyl (C=O) groups is 3. The van der Waals surface area contributed by atoms with Crippen LogP contribution < -0.4 is 0 Å². The standard InChI is InChI=1S/C69H122O6/c1-4-7-10-13-16-19-22-25-28-30-32-33-34-35-37-38-41-44-47-50-53-56-59-62-68(71)74-65-66(64-73-67(70)61-58-55-52-49-46-43-40-27-24-21-18-15-12-9-6-3)75-69(72)63-60-57-54-51-48-45-42-39-36-31-29-26-23-20-17-14-11-8-5-2/h17,20,22,25-27,29-30,32,34-35,40,66H,4-16,18-19,21,23-24,28,31,33,36-39,41-65H2,1-3H3/b20-17-,25-22-,29-26-,32-30-,35-34-,40-27-. The highest BCUT2D eigenvalue weighted by Crippen LogP contribution is 2.16. The Morgan fingerprint density at radius 2 is 0.480 bits per heavy atom. The summed E-state index contributed by atoms with van der Waals surface area (Å²) in [6, 6.07) is 0. The zero-order chi connectivity index (χ0) is 54.3. The third-order valence-corrected chi connectivity index (χ3v) is 14.2. The van der Waals surface area contributed by atoms with Crippen LogP contribution in [0.2, 0.25) is 0 Å². The van der Waals surface area contributed by atoms with Crippen molar-refractivity contribution in [2.45, 2.75) is 335 Å². The number of unbranched alkanes of at least 4 members (excludes halogenated alkanes) is 36. The fourth-order valence-corrected chi connectivity index (χ4v) is 9.24. The summed E-state index contributed by atoms with van der Waals surface area (Å²) < 4.78 is 16.9. The predicted octanol–water partition coefficient (Wildman–Crippen LogP) is 22.1. The van der Waals surface area contributed by atoms with Gasteiger partial charge in [0.15, 0.2) is 6.10 Å². The summed E-state index contributed by atoms with van der Waals surface area (Å²) >= 11 is 0. The summed E-state index contributed by atoms with van der Waals surface area (Å²) in [6.07, 6.45) is 81.8. The Bertz CT molecular complexity index is 1390. The Balaban J connectivity index is 4.37. The van der Waals surface area contributed by atoms with Gasteiger partial charge in [-0.05, 0) is 116 Å². The molecule has 1 unspecified atom stereocenters. The molecule has 0 aromatic carbocycles. The maximum atomic E-state index is 12.9. The highest BCUT2D eigenvalue weighted by molar-refractivity contribution is 5.71. The van der Waals surface area contributed by atoms with Crippen molar-refractivity contribution in [1.29, 1.82) is 0 Å². The van der Waals surface area contributed by atoms with E-state index < -0.39 is 6.10 Å². The maximum Gasteiger partial charge on any atom is 0.306 e. The molecule has 0 aromatic heterocycles. The lowest BCUT2D eigenvalue weighted by molar-refractivity contribution is -0.167. The monoisotopic (exact) mass is 1050 g/mol. The van der Waals surface area contributed by atoms with Crippen LogP contribution in [0.4, 0.5) is 0 Å². The molecule has 0 saturated carbocycles. The van der Waals surface area contributed by atoms with Gasteiger partial charge < -0.3 is 14.2 Å². The van der Waals surface area contributed by atoms with Crippen LogP contribution in [0.3, 0.4) is 0 Å². The molecule has 434 valence electrons. The van der Waals surface area contributed by atoms with Gasteiger partial charge in [0, 0.05) is 19.3 Å². The quantitative estimate of drug-likeness (QED) is 0.0261. The molecule has 0 N–H and O–H groups in total. The fourth-order valence-electron chi connectivity index (χ4n) is 9.24. The van der Waals surface area contributed by atoms with Gasteiger partial charge in [-0.1, -0.05) is 267 Å². The van der Waals surface area contributed by atoms with Gasteiger partial charge in [0.1, 0.15) is 13.2 Å². The van der Waals surface area contributed by atoms with Crippen LogP contribution >= 0.6 is 0 Å². The number of carbonyl (C=O) groups excluding carboxylic acids is 3. The van der Waals surface area contributed by atoms with Gasteiger partial charge in [-0.2, -0.15) is 0 Å². The average Bonchev–Trinajstić information content (AvgIpc) is 3.41. The Kier molecular flexibility index (Phi) is 60.7. The molecule has 0 saturated heterocycles. The Hall–Kier alpha value is -3.15. The number of rotatable bonds is 59. The molecule has 6 nitrogen and oxygen atoms in total. The number of hydrogen-bond acceptors (Lipinski definition) is 6. The largest absolute Gasteiger partial charge is 0.462 e. The molecule has 1 atom stereocenters. The molecular formula is C69H122O6. The molecule has 0 amide bonds. The average molecular weight is 1050 g/mol. The van der Waals surface area contributed by atoms with Crippen LogP contribution in [0.5, 0.6) is 0 Å². The lowest BCUT2D eigenvalue weighted by Crippen LogP contribution is -2.30. The van der Waals surface area contributed by atoms with E-state index in [2.05, 4.69) is 93.7 Å². The molecule has 0 rings (SSSR count). The predicted molar refractivity (Wildman–Crippen MR) is 325 cm³/mol. The van der Waals surface area contributed by atoms with E-state index in [1.807, 2.05) is 0 Å². The van der Waals surface area contributed by atoms with E-state index in [0.29, 0.717) is 19.3 Å². The molecule has 0 radical (unpaired) electrons. The number of hydrogen-bond donors (Lipinski definition) is 0. The van der Waals surface area contributed by atoms with Crippen molar-refractivity contribution in [2.75, 3.05) is 13.2 Å². The van der Waals surface area contributed by atoms with Crippen molar-refractivity contribution in [2.24, 2.45) is 0 Å². The van der Waals surface area contributed by atoms with E-state index in [1.54, 1.807) is 0 Å². The molecular weight excluding hydrogens is 925 g/mol. The molecule has 0 aliphatic rings. The Labute approximate surface area is 465 Å². The number of allylic oxidation sites excluding steroid dienone is 12. The van der Waals surface area contributed by atoms with E-state index in [9.17, 15) is 14.4 Å². The molecule has 0 aromatic rings. The molecule has 0 fully saturated rings. The van der Waals surface area contributed by atoms with Gasteiger partial charge >= 0.3 is 17.9 Å². The first-order chi connectivity index (χ1) is 37.0. The van der Waals surface area contributed by atoms with E-state index >= 15 is 0 Å². The number of esters is 3. The summed E-state index contributed by atoms with van der Waals surface area (Å²) in [4.78, 5) is 38.3. The zero-order valence-corrected chi connectivity index (χ0v) is 49.8. The van der Waals surface area contributed by atoms with Crippen molar-refractivity contribution in [3.05, 3.63) is 72.9 Å². The number of ether oxygens (including phenoxy) is 3. The van der Waals surface area contributed by atoms with Gasteiger partial charge in [0.25, 0.3) is 0 Å². The molecule has 0 aliphatic carbocycles. The van der Waals surface area contributed by atoms with Crippen LogP contribution in [0.1, 0.15) is 329 Å². The lowest BCUT2D eigenvalue weighted by Gasteiger charge is -2.18. The van der Waals surface area contributed by atoms with Crippen molar-refractivity contribution in [3.8, 4) is 0 Å². The molecule has 0 spiro atoms. The van der Waals surface area contributed by atoms with Gasteiger partial charge in [0.2, 0.25) is 0 Å². The maximum absolute atomic E-state index is 12.9. The van der Waals surface area contributed by atoms with Crippen molar-refractivity contribution >= 4 is 17.9 Å². The molecule has 0 aliphatic heterocycles. The highest BCUT2D eigenvalue weighted by Gasteiger charge is 2.19. The Morgan fingerprint density at radius 3 is 0.787 bits per heavy atom. The molecule has 0 bridgehead atoms. The van der Waals surface area contributed by atoms with E-state index in [0.717, 1.165) is 89.9 Å².